The van der Waals surface area contributed by atoms with E-state index in [0.29, 0.717) is 6.42 Å². The molecule has 0 heterocycles. The molecule has 0 aliphatic carbocycles. The molecule has 0 aromatic heterocycles. The molecule has 2 N–H and O–H groups in total. The molecule has 0 aromatic rings. The third-order valence-electron chi connectivity index (χ3n) is 4.79. The van der Waals surface area contributed by atoms with Gasteiger partial charge in [-0.1, -0.05) is 96.8 Å². The van der Waals surface area contributed by atoms with Crippen molar-refractivity contribution >= 4 is 11.9 Å². The van der Waals surface area contributed by atoms with E-state index in [1.807, 2.05) is 0 Å². The van der Waals surface area contributed by atoms with Crippen molar-refractivity contribution in [3.05, 3.63) is 0 Å². The van der Waals surface area contributed by atoms with E-state index in [4.69, 9.17) is 0 Å². The van der Waals surface area contributed by atoms with Crippen molar-refractivity contribution in [2.24, 2.45) is 0 Å². The smallest absolute Gasteiger partial charge is 0.548 e. The van der Waals surface area contributed by atoms with Crippen LogP contribution in [-0.2, 0) is 9.59 Å². The molecule has 0 unspecified atom stereocenters. The Hall–Kier alpha value is -0.100. The summed E-state index contributed by atoms with van der Waals surface area (Å²) in [7, 11) is 0. The molecule has 0 spiro atoms. The van der Waals surface area contributed by atoms with E-state index in [9.17, 15) is 14.7 Å². The first-order valence-electron chi connectivity index (χ1n) is 10.8. The predicted octanol–water partition coefficient (Wildman–Crippen LogP) is 1.01. The Morgan fingerprint density at radius 3 is 1.48 bits per heavy atom. The van der Waals surface area contributed by atoms with Gasteiger partial charge in [-0.15, -0.1) is 0 Å². The number of carbonyl (C=O) groups is 2. The van der Waals surface area contributed by atoms with Gasteiger partial charge in [0.25, 0.3) is 0 Å². The van der Waals surface area contributed by atoms with Crippen LogP contribution in [0.15, 0.2) is 0 Å². The minimum absolute atomic E-state index is 0. The van der Waals surface area contributed by atoms with Crippen LogP contribution < -0.4 is 45.5 Å². The van der Waals surface area contributed by atoms with Gasteiger partial charge in [0, 0.05) is 6.42 Å². The van der Waals surface area contributed by atoms with Gasteiger partial charge in [0.1, 0.15) is 0 Å². The number of unbranched alkanes of at least 4 members (excludes halogenated alkanes) is 14. The summed E-state index contributed by atoms with van der Waals surface area (Å²) in [6.45, 7) is 3.70. The van der Waals surface area contributed by atoms with E-state index in [2.05, 4.69) is 17.8 Å². The molecule has 1 amide bonds. The number of rotatable bonds is 19. The number of hydrazine groups is 1. The van der Waals surface area contributed by atoms with Crippen molar-refractivity contribution in [2.45, 2.75) is 123 Å². The van der Waals surface area contributed by atoms with E-state index in [1.54, 1.807) is 0 Å². The largest absolute Gasteiger partial charge is 1.00 e. The number of carboxylic acids is 1. The van der Waals surface area contributed by atoms with Gasteiger partial charge in [-0.2, -0.15) is 0 Å². The molecule has 0 aromatic carbocycles. The van der Waals surface area contributed by atoms with Crippen LogP contribution in [0.25, 0.3) is 0 Å². The first kappa shape index (κ1) is 29.1. The van der Waals surface area contributed by atoms with Crippen molar-refractivity contribution in [3.8, 4) is 0 Å². The van der Waals surface area contributed by atoms with Crippen LogP contribution in [0.1, 0.15) is 117 Å². The number of carbonyl (C=O) groups excluding carboxylic acids is 2. The number of aliphatic carboxylic acids is 1. The zero-order valence-electron chi connectivity index (χ0n) is 18.1. The third-order valence-corrected chi connectivity index (χ3v) is 4.79. The maximum absolute atomic E-state index is 11.5. The second-order valence-electron chi connectivity index (χ2n) is 7.43. The quantitative estimate of drug-likeness (QED) is 0.195. The molecule has 154 valence electrons. The standard InChI is InChI=1S/C21H42N2O3.Na/c1-3-4-5-6-7-8-9-10-11-12-13-14-15-16-17-18-20(24)23-22-19(2)21(25)26;/h19,22H,3-18H2,1-2H3,(H,23,24)(H,25,26);/q;+1/p-1/t19-;/m0./s1. The van der Waals surface area contributed by atoms with Gasteiger partial charge < -0.3 is 9.90 Å². The summed E-state index contributed by atoms with van der Waals surface area (Å²) >= 11 is 0. The Bertz CT molecular complexity index is 354. The van der Waals surface area contributed by atoms with Crippen molar-refractivity contribution < 1.29 is 44.3 Å². The van der Waals surface area contributed by atoms with Crippen LogP contribution in [0.5, 0.6) is 0 Å². The molecule has 0 rings (SSSR count). The summed E-state index contributed by atoms with van der Waals surface area (Å²) in [6.07, 6.45) is 19.9. The van der Waals surface area contributed by atoms with E-state index in [1.165, 1.54) is 90.4 Å². The number of carboxylic acid groups (broad SMARTS) is 1. The second-order valence-corrected chi connectivity index (χ2v) is 7.43. The second kappa shape index (κ2) is 22.2. The van der Waals surface area contributed by atoms with Crippen molar-refractivity contribution in [1.82, 2.24) is 10.9 Å². The molecule has 27 heavy (non-hydrogen) atoms. The van der Waals surface area contributed by atoms with E-state index >= 15 is 0 Å². The SMILES string of the molecule is CCCCCCCCCCCCCCCCCC(=O)NN[C@@H](C)C(=O)[O-].[Na+]. The molecule has 0 fully saturated rings. The van der Waals surface area contributed by atoms with Gasteiger partial charge >= 0.3 is 29.6 Å². The van der Waals surface area contributed by atoms with E-state index in [0.717, 1.165) is 12.8 Å². The number of nitrogens with one attached hydrogen (secondary N) is 2. The molecule has 0 bridgehead atoms. The van der Waals surface area contributed by atoms with Crippen molar-refractivity contribution in [1.29, 1.82) is 0 Å². The van der Waals surface area contributed by atoms with E-state index < -0.39 is 12.0 Å². The summed E-state index contributed by atoms with van der Waals surface area (Å²) in [5.41, 5.74) is 4.83. The number of amides is 1. The number of hydrogen-bond acceptors (Lipinski definition) is 4. The predicted molar refractivity (Wildman–Crippen MR) is 105 cm³/mol. The Morgan fingerprint density at radius 2 is 1.11 bits per heavy atom. The van der Waals surface area contributed by atoms with Crippen LogP contribution in [0.4, 0.5) is 0 Å². The summed E-state index contributed by atoms with van der Waals surface area (Å²) < 4.78 is 0. The normalized spacial score (nSPS) is 11.6. The molecular weight excluding hydrogens is 351 g/mol. The topological polar surface area (TPSA) is 81.3 Å². The van der Waals surface area contributed by atoms with Gasteiger partial charge in [0.2, 0.25) is 5.91 Å². The minimum atomic E-state index is -1.22. The Labute approximate surface area is 189 Å². The van der Waals surface area contributed by atoms with Crippen LogP contribution in [0, 0.1) is 0 Å². The van der Waals surface area contributed by atoms with Gasteiger partial charge in [0.15, 0.2) is 0 Å². The van der Waals surface area contributed by atoms with Crippen molar-refractivity contribution in [2.75, 3.05) is 0 Å². The zero-order valence-corrected chi connectivity index (χ0v) is 20.1. The first-order chi connectivity index (χ1) is 12.6. The Morgan fingerprint density at radius 1 is 0.741 bits per heavy atom. The Balaban J connectivity index is 0. The van der Waals surface area contributed by atoms with Gasteiger partial charge in [-0.05, 0) is 13.3 Å². The minimum Gasteiger partial charge on any atom is -0.548 e. The maximum atomic E-state index is 11.5. The monoisotopic (exact) mass is 392 g/mol. The van der Waals surface area contributed by atoms with Gasteiger partial charge in [0.05, 0.1) is 12.0 Å². The van der Waals surface area contributed by atoms with Crippen LogP contribution in [0.2, 0.25) is 0 Å². The zero-order chi connectivity index (χ0) is 19.5. The summed E-state index contributed by atoms with van der Waals surface area (Å²) in [6, 6.07) is -0.875. The summed E-state index contributed by atoms with van der Waals surface area (Å²) in [5.74, 6) is -1.38. The van der Waals surface area contributed by atoms with Gasteiger partial charge in [-0.25, -0.2) is 5.43 Å². The van der Waals surface area contributed by atoms with E-state index in [-0.39, 0.29) is 35.5 Å². The average molecular weight is 393 g/mol. The van der Waals surface area contributed by atoms with Crippen LogP contribution in [-0.4, -0.2) is 17.9 Å². The summed E-state index contributed by atoms with van der Waals surface area (Å²) in [5, 5.41) is 10.5. The number of hydrogen-bond donors (Lipinski definition) is 2. The van der Waals surface area contributed by atoms with Crippen LogP contribution in [0.3, 0.4) is 0 Å². The first-order valence-corrected chi connectivity index (χ1v) is 10.8. The molecule has 0 aliphatic heterocycles. The molecule has 0 saturated heterocycles. The fraction of sp³-hybridized carbons (Fsp3) is 0.905. The molecule has 0 aliphatic rings. The molecule has 1 atom stereocenters. The average Bonchev–Trinajstić information content (AvgIpc) is 2.62. The molecule has 6 heteroatoms. The van der Waals surface area contributed by atoms with Crippen molar-refractivity contribution in [3.63, 3.8) is 0 Å². The fourth-order valence-electron chi connectivity index (χ4n) is 2.97. The summed E-state index contributed by atoms with van der Waals surface area (Å²) in [4.78, 5) is 22.0. The maximum Gasteiger partial charge on any atom is 1.00 e. The third kappa shape index (κ3) is 22.1. The molecule has 0 saturated carbocycles. The molecule has 0 radical (unpaired) electrons. The molecular formula is C21H41N2NaO3. The molecule has 5 nitrogen and oxygen atoms in total. The van der Waals surface area contributed by atoms with Crippen LogP contribution >= 0.6 is 0 Å². The fourth-order valence-corrected chi connectivity index (χ4v) is 2.97. The van der Waals surface area contributed by atoms with Gasteiger partial charge in [-0.3, -0.25) is 10.2 Å². The Kier molecular flexibility index (Phi) is 23.9.